The van der Waals surface area contributed by atoms with Gasteiger partial charge in [-0.1, -0.05) is 31.2 Å². The number of rotatable bonds is 10. The van der Waals surface area contributed by atoms with Crippen LogP contribution in [0.15, 0.2) is 43.0 Å². The van der Waals surface area contributed by atoms with Crippen molar-refractivity contribution in [2.75, 3.05) is 13.2 Å². The highest BCUT2D eigenvalue weighted by Crippen LogP contribution is 2.04. The van der Waals surface area contributed by atoms with Gasteiger partial charge in [-0.2, -0.15) is 4.89 Å². The van der Waals surface area contributed by atoms with Crippen LogP contribution in [0.5, 0.6) is 0 Å². The average molecular weight is 292 g/mol. The second kappa shape index (κ2) is 10.6. The Balaban J connectivity index is 1.94. The number of ether oxygens (including phenoxy) is 1. The average Bonchev–Trinajstić information content (AvgIpc) is 2.53. The van der Waals surface area contributed by atoms with Crippen molar-refractivity contribution in [2.45, 2.75) is 25.7 Å². The van der Waals surface area contributed by atoms with Crippen LogP contribution in [-0.2, 0) is 19.3 Å². The minimum atomic E-state index is -0.494. The van der Waals surface area contributed by atoms with E-state index in [1.807, 2.05) is 6.07 Å². The zero-order chi connectivity index (χ0) is 15.3. The van der Waals surface area contributed by atoms with Gasteiger partial charge in [0, 0.05) is 6.08 Å². The van der Waals surface area contributed by atoms with E-state index in [-0.39, 0.29) is 0 Å². The summed E-state index contributed by atoms with van der Waals surface area (Å²) < 4.78 is 4.84. The predicted octanol–water partition coefficient (Wildman–Crippen LogP) is 3.06. The number of carbonyl (C=O) groups is 2. The van der Waals surface area contributed by atoms with Crippen molar-refractivity contribution in [2.24, 2.45) is 0 Å². The van der Waals surface area contributed by atoms with Crippen LogP contribution < -0.4 is 0 Å². The number of unbranched alkanes of at least 4 members (excludes halogenated alkanes) is 3. The summed E-state index contributed by atoms with van der Waals surface area (Å²) in [5, 5.41) is 0. The number of hydrogen-bond acceptors (Lipinski definition) is 5. The quantitative estimate of drug-likeness (QED) is 0.218. The second-order valence-corrected chi connectivity index (χ2v) is 4.34. The Bertz CT molecular complexity index is 441. The lowest BCUT2D eigenvalue weighted by molar-refractivity contribution is -0.241. The number of esters is 1. The molecule has 1 aromatic rings. The molecule has 0 atom stereocenters. The summed E-state index contributed by atoms with van der Waals surface area (Å²) in [5.41, 5.74) is 0.460. The van der Waals surface area contributed by atoms with E-state index in [1.165, 1.54) is 0 Å². The van der Waals surface area contributed by atoms with E-state index in [4.69, 9.17) is 9.62 Å². The first-order valence-electron chi connectivity index (χ1n) is 6.92. The van der Waals surface area contributed by atoms with E-state index in [2.05, 4.69) is 11.5 Å². The van der Waals surface area contributed by atoms with Crippen molar-refractivity contribution < 1.29 is 24.1 Å². The first kappa shape index (κ1) is 16.9. The van der Waals surface area contributed by atoms with Crippen LogP contribution in [0.1, 0.15) is 36.0 Å². The van der Waals surface area contributed by atoms with Crippen LogP contribution >= 0.6 is 0 Å². The minimum absolute atomic E-state index is 0.352. The molecular weight excluding hydrogens is 272 g/mol. The molecule has 5 heteroatoms. The van der Waals surface area contributed by atoms with E-state index >= 15 is 0 Å². The molecule has 1 aromatic carbocycles. The first-order chi connectivity index (χ1) is 10.2. The van der Waals surface area contributed by atoms with Crippen LogP contribution in [-0.4, -0.2) is 25.2 Å². The topological polar surface area (TPSA) is 61.8 Å². The van der Waals surface area contributed by atoms with Crippen molar-refractivity contribution in [3.63, 3.8) is 0 Å². The third-order valence-corrected chi connectivity index (χ3v) is 2.68. The SMILES string of the molecule is C=CC(=O)OCCCCCCOOC(=O)c1ccccc1. The lowest BCUT2D eigenvalue weighted by Gasteiger charge is -2.04. The van der Waals surface area contributed by atoms with E-state index < -0.39 is 11.9 Å². The molecule has 0 aliphatic carbocycles. The molecule has 0 bridgehead atoms. The van der Waals surface area contributed by atoms with Gasteiger partial charge in [-0.3, -0.25) is 4.89 Å². The van der Waals surface area contributed by atoms with Gasteiger partial charge in [-0.05, 0) is 31.4 Å². The van der Waals surface area contributed by atoms with Crippen molar-refractivity contribution >= 4 is 11.9 Å². The molecule has 21 heavy (non-hydrogen) atoms. The van der Waals surface area contributed by atoms with Gasteiger partial charge >= 0.3 is 11.9 Å². The fraction of sp³-hybridized carbons (Fsp3) is 0.375. The normalized spacial score (nSPS) is 9.90. The fourth-order valence-corrected chi connectivity index (χ4v) is 1.57. The van der Waals surface area contributed by atoms with Gasteiger partial charge in [0.1, 0.15) is 0 Å². The minimum Gasteiger partial charge on any atom is -0.463 e. The summed E-state index contributed by atoms with van der Waals surface area (Å²) >= 11 is 0. The third-order valence-electron chi connectivity index (χ3n) is 2.68. The lowest BCUT2D eigenvalue weighted by Crippen LogP contribution is -2.07. The zero-order valence-corrected chi connectivity index (χ0v) is 12.0. The number of benzene rings is 1. The molecule has 0 heterocycles. The van der Waals surface area contributed by atoms with Gasteiger partial charge in [0.05, 0.1) is 18.8 Å². The third kappa shape index (κ3) is 7.89. The molecule has 0 aliphatic rings. The molecule has 0 aromatic heterocycles. The largest absolute Gasteiger partial charge is 0.463 e. The van der Waals surface area contributed by atoms with E-state index in [1.54, 1.807) is 24.3 Å². The molecule has 1 rings (SSSR count). The summed E-state index contributed by atoms with van der Waals surface area (Å²) in [4.78, 5) is 31.8. The number of hydrogen-bond donors (Lipinski definition) is 0. The Morgan fingerprint density at radius 3 is 2.33 bits per heavy atom. The Morgan fingerprint density at radius 1 is 1.00 bits per heavy atom. The highest BCUT2D eigenvalue weighted by atomic mass is 17.2. The smallest absolute Gasteiger partial charge is 0.373 e. The Morgan fingerprint density at radius 2 is 1.67 bits per heavy atom. The summed E-state index contributed by atoms with van der Waals surface area (Å²) in [6.45, 7) is 4.06. The molecule has 114 valence electrons. The van der Waals surface area contributed by atoms with Crippen molar-refractivity contribution in [1.82, 2.24) is 0 Å². The maximum atomic E-state index is 11.5. The summed E-state index contributed by atoms with van der Waals surface area (Å²) in [6.07, 6.45) is 4.55. The highest BCUT2D eigenvalue weighted by molar-refractivity contribution is 5.88. The summed E-state index contributed by atoms with van der Waals surface area (Å²) in [5.74, 6) is -0.891. The van der Waals surface area contributed by atoms with Crippen molar-refractivity contribution in [3.05, 3.63) is 48.6 Å². The second-order valence-electron chi connectivity index (χ2n) is 4.34. The van der Waals surface area contributed by atoms with Crippen molar-refractivity contribution in [1.29, 1.82) is 0 Å². The highest BCUT2D eigenvalue weighted by Gasteiger charge is 2.06. The summed E-state index contributed by atoms with van der Waals surface area (Å²) in [6, 6.07) is 8.67. The van der Waals surface area contributed by atoms with Crippen molar-refractivity contribution in [3.8, 4) is 0 Å². The van der Waals surface area contributed by atoms with Gasteiger partial charge in [-0.25, -0.2) is 9.59 Å². The molecule has 0 fully saturated rings. The Kier molecular flexibility index (Phi) is 8.56. The van der Waals surface area contributed by atoms with E-state index in [0.717, 1.165) is 31.8 Å². The monoisotopic (exact) mass is 292 g/mol. The van der Waals surface area contributed by atoms with Crippen LogP contribution in [0.2, 0.25) is 0 Å². The van der Waals surface area contributed by atoms with Crippen LogP contribution in [0.4, 0.5) is 0 Å². The molecule has 0 amide bonds. The predicted molar refractivity (Wildman–Crippen MR) is 77.4 cm³/mol. The maximum absolute atomic E-state index is 11.5. The fourth-order valence-electron chi connectivity index (χ4n) is 1.57. The van der Waals surface area contributed by atoms with Crippen LogP contribution in [0, 0.1) is 0 Å². The van der Waals surface area contributed by atoms with Crippen LogP contribution in [0.3, 0.4) is 0 Å². The molecule has 0 saturated heterocycles. The number of carbonyl (C=O) groups excluding carboxylic acids is 2. The molecule has 0 saturated carbocycles. The van der Waals surface area contributed by atoms with E-state index in [0.29, 0.717) is 18.8 Å². The zero-order valence-electron chi connectivity index (χ0n) is 12.0. The Hall–Kier alpha value is -2.14. The lowest BCUT2D eigenvalue weighted by atomic mass is 10.2. The Labute approximate surface area is 124 Å². The standard InChI is InChI=1S/C16H20O5/c1-2-15(17)19-12-8-3-4-9-13-20-21-16(18)14-10-6-5-7-11-14/h2,5-7,10-11H,1,3-4,8-9,12-13H2. The molecule has 0 N–H and O–H groups in total. The maximum Gasteiger partial charge on any atom is 0.373 e. The van der Waals surface area contributed by atoms with Gasteiger partial charge < -0.3 is 4.74 Å². The molecule has 0 radical (unpaired) electrons. The molecule has 0 aliphatic heterocycles. The van der Waals surface area contributed by atoms with Crippen LogP contribution in [0.25, 0.3) is 0 Å². The van der Waals surface area contributed by atoms with Gasteiger partial charge in [-0.15, -0.1) is 0 Å². The van der Waals surface area contributed by atoms with Gasteiger partial charge in [0.25, 0.3) is 0 Å². The van der Waals surface area contributed by atoms with E-state index in [9.17, 15) is 9.59 Å². The molecule has 5 nitrogen and oxygen atoms in total. The first-order valence-corrected chi connectivity index (χ1v) is 6.92. The molecular formula is C16H20O5. The van der Waals surface area contributed by atoms with Gasteiger partial charge in [0.15, 0.2) is 0 Å². The van der Waals surface area contributed by atoms with Gasteiger partial charge in [0.2, 0.25) is 0 Å². The molecule has 0 unspecified atom stereocenters. The molecule has 0 spiro atoms. The summed E-state index contributed by atoms with van der Waals surface area (Å²) in [7, 11) is 0.